The molecule has 1 saturated heterocycles. The van der Waals surface area contributed by atoms with Crippen LogP contribution in [0.25, 0.3) is 0 Å². The van der Waals surface area contributed by atoms with Gasteiger partial charge in [-0.05, 0) is 38.5 Å². The van der Waals surface area contributed by atoms with E-state index in [9.17, 15) is 4.79 Å². The van der Waals surface area contributed by atoms with Crippen LogP contribution in [-0.2, 0) is 14.3 Å². The lowest BCUT2D eigenvalue weighted by atomic mass is 9.79. The minimum atomic E-state index is -0.227. The highest BCUT2D eigenvalue weighted by molar-refractivity contribution is 5.88. The van der Waals surface area contributed by atoms with Gasteiger partial charge in [0.25, 0.3) is 0 Å². The quantitative estimate of drug-likeness (QED) is 0.418. The number of carbonyl (C=O) groups is 1. The number of rotatable bonds is 4. The SMILES string of the molecule is C=C(C(=O)OCCC)C1CCC2OC2(C)C1. The highest BCUT2D eigenvalue weighted by atomic mass is 16.6. The Hall–Kier alpha value is -0.830. The fourth-order valence-electron chi connectivity index (χ4n) is 2.53. The predicted molar refractivity (Wildman–Crippen MR) is 61.0 cm³/mol. The van der Waals surface area contributed by atoms with Gasteiger partial charge in [-0.1, -0.05) is 13.5 Å². The molecular formula is C13H20O3. The summed E-state index contributed by atoms with van der Waals surface area (Å²) in [6, 6.07) is 0. The van der Waals surface area contributed by atoms with Crippen LogP contribution in [-0.4, -0.2) is 24.3 Å². The number of hydrogen-bond acceptors (Lipinski definition) is 3. The molecule has 0 spiro atoms. The molecule has 3 unspecified atom stereocenters. The zero-order valence-electron chi connectivity index (χ0n) is 10.1. The summed E-state index contributed by atoms with van der Waals surface area (Å²) in [5.41, 5.74) is 0.639. The van der Waals surface area contributed by atoms with Gasteiger partial charge in [-0.25, -0.2) is 4.79 Å². The van der Waals surface area contributed by atoms with E-state index in [0.717, 1.165) is 25.7 Å². The van der Waals surface area contributed by atoms with E-state index in [1.54, 1.807) is 0 Å². The zero-order valence-corrected chi connectivity index (χ0v) is 10.1. The molecule has 1 aliphatic heterocycles. The Morgan fingerprint density at radius 3 is 2.94 bits per heavy atom. The Balaban J connectivity index is 1.87. The third kappa shape index (κ3) is 2.14. The topological polar surface area (TPSA) is 38.8 Å². The minimum absolute atomic E-state index is 0.0108. The lowest BCUT2D eigenvalue weighted by molar-refractivity contribution is -0.139. The molecular weight excluding hydrogens is 204 g/mol. The lowest BCUT2D eigenvalue weighted by Crippen LogP contribution is -2.26. The molecule has 16 heavy (non-hydrogen) atoms. The maximum atomic E-state index is 11.7. The van der Waals surface area contributed by atoms with Crippen molar-refractivity contribution in [2.45, 2.75) is 51.2 Å². The van der Waals surface area contributed by atoms with Crippen LogP contribution >= 0.6 is 0 Å². The summed E-state index contributed by atoms with van der Waals surface area (Å²) in [6.07, 6.45) is 4.23. The second-order valence-electron chi connectivity index (χ2n) is 5.06. The Bertz CT molecular complexity index is 310. The molecule has 0 aromatic heterocycles. The summed E-state index contributed by atoms with van der Waals surface area (Å²) >= 11 is 0. The Labute approximate surface area is 96.8 Å². The number of esters is 1. The minimum Gasteiger partial charge on any atom is -0.462 e. The first-order valence-electron chi connectivity index (χ1n) is 6.10. The first-order valence-corrected chi connectivity index (χ1v) is 6.10. The fraction of sp³-hybridized carbons (Fsp3) is 0.769. The second kappa shape index (κ2) is 4.21. The molecule has 3 atom stereocenters. The summed E-state index contributed by atoms with van der Waals surface area (Å²) in [6.45, 7) is 8.48. The summed E-state index contributed by atoms with van der Waals surface area (Å²) < 4.78 is 10.7. The van der Waals surface area contributed by atoms with E-state index in [1.807, 2.05) is 6.92 Å². The molecule has 2 fully saturated rings. The van der Waals surface area contributed by atoms with Gasteiger partial charge in [0, 0.05) is 5.57 Å². The normalized spacial score (nSPS) is 36.4. The van der Waals surface area contributed by atoms with E-state index >= 15 is 0 Å². The average molecular weight is 224 g/mol. The number of hydrogen-bond donors (Lipinski definition) is 0. The maximum Gasteiger partial charge on any atom is 0.333 e. The molecule has 0 bridgehead atoms. The molecule has 0 N–H and O–H groups in total. The summed E-state index contributed by atoms with van der Waals surface area (Å²) in [4.78, 5) is 11.7. The van der Waals surface area contributed by atoms with E-state index in [2.05, 4.69) is 13.5 Å². The molecule has 2 rings (SSSR count). The van der Waals surface area contributed by atoms with Crippen LogP contribution in [0.2, 0.25) is 0 Å². The van der Waals surface area contributed by atoms with Crippen molar-refractivity contribution in [3.8, 4) is 0 Å². The molecule has 0 aromatic rings. The smallest absolute Gasteiger partial charge is 0.333 e. The van der Waals surface area contributed by atoms with Crippen molar-refractivity contribution in [3.63, 3.8) is 0 Å². The molecule has 3 nitrogen and oxygen atoms in total. The van der Waals surface area contributed by atoms with Crippen molar-refractivity contribution < 1.29 is 14.3 Å². The van der Waals surface area contributed by atoms with Crippen molar-refractivity contribution >= 4 is 5.97 Å². The van der Waals surface area contributed by atoms with Crippen LogP contribution in [0.15, 0.2) is 12.2 Å². The van der Waals surface area contributed by atoms with Gasteiger partial charge in [-0.15, -0.1) is 0 Å². The van der Waals surface area contributed by atoms with Gasteiger partial charge < -0.3 is 9.47 Å². The molecule has 1 aliphatic carbocycles. The number of fused-ring (bicyclic) bond motifs is 1. The monoisotopic (exact) mass is 224 g/mol. The van der Waals surface area contributed by atoms with E-state index in [-0.39, 0.29) is 17.5 Å². The predicted octanol–water partition coefficient (Wildman–Crippen LogP) is 2.45. The van der Waals surface area contributed by atoms with Gasteiger partial charge in [0.05, 0.1) is 18.3 Å². The van der Waals surface area contributed by atoms with Crippen molar-refractivity contribution in [2.24, 2.45) is 5.92 Å². The highest BCUT2D eigenvalue weighted by Gasteiger charge is 2.56. The van der Waals surface area contributed by atoms with Gasteiger partial charge >= 0.3 is 5.97 Å². The number of epoxide rings is 1. The average Bonchev–Trinajstić information content (AvgIpc) is 2.95. The molecule has 1 heterocycles. The maximum absolute atomic E-state index is 11.7. The van der Waals surface area contributed by atoms with Crippen LogP contribution in [0.5, 0.6) is 0 Å². The second-order valence-corrected chi connectivity index (χ2v) is 5.06. The fourth-order valence-corrected chi connectivity index (χ4v) is 2.53. The lowest BCUT2D eigenvalue weighted by Gasteiger charge is -2.24. The summed E-state index contributed by atoms with van der Waals surface area (Å²) in [5, 5.41) is 0. The van der Waals surface area contributed by atoms with E-state index in [4.69, 9.17) is 9.47 Å². The van der Waals surface area contributed by atoms with Gasteiger partial charge in [0.1, 0.15) is 0 Å². The van der Waals surface area contributed by atoms with Crippen molar-refractivity contribution in [1.82, 2.24) is 0 Å². The third-order valence-electron chi connectivity index (χ3n) is 3.66. The van der Waals surface area contributed by atoms with Crippen molar-refractivity contribution in [2.75, 3.05) is 6.61 Å². The molecule has 0 amide bonds. The molecule has 0 radical (unpaired) electrons. The van der Waals surface area contributed by atoms with Gasteiger partial charge in [0.2, 0.25) is 0 Å². The Kier molecular flexibility index (Phi) is 3.06. The van der Waals surface area contributed by atoms with Crippen LogP contribution in [0, 0.1) is 5.92 Å². The van der Waals surface area contributed by atoms with Crippen LogP contribution in [0.3, 0.4) is 0 Å². The van der Waals surface area contributed by atoms with Crippen LogP contribution < -0.4 is 0 Å². The van der Waals surface area contributed by atoms with Gasteiger partial charge in [0.15, 0.2) is 0 Å². The first kappa shape index (κ1) is 11.6. The zero-order chi connectivity index (χ0) is 11.8. The van der Waals surface area contributed by atoms with Crippen molar-refractivity contribution in [3.05, 3.63) is 12.2 Å². The molecule has 0 aromatic carbocycles. The van der Waals surface area contributed by atoms with Crippen molar-refractivity contribution in [1.29, 1.82) is 0 Å². The number of ether oxygens (including phenoxy) is 2. The molecule has 3 heteroatoms. The van der Waals surface area contributed by atoms with Gasteiger partial charge in [-0.3, -0.25) is 0 Å². The van der Waals surface area contributed by atoms with E-state index < -0.39 is 0 Å². The van der Waals surface area contributed by atoms with Gasteiger partial charge in [-0.2, -0.15) is 0 Å². The third-order valence-corrected chi connectivity index (χ3v) is 3.66. The number of carbonyl (C=O) groups excluding carboxylic acids is 1. The summed E-state index contributed by atoms with van der Waals surface area (Å²) in [5.74, 6) is 0.0163. The molecule has 90 valence electrons. The van der Waals surface area contributed by atoms with E-state index in [1.165, 1.54) is 0 Å². The van der Waals surface area contributed by atoms with Crippen LogP contribution in [0.1, 0.15) is 39.5 Å². The summed E-state index contributed by atoms with van der Waals surface area (Å²) in [7, 11) is 0. The van der Waals surface area contributed by atoms with E-state index in [0.29, 0.717) is 18.3 Å². The first-order chi connectivity index (χ1) is 7.57. The Morgan fingerprint density at radius 2 is 2.31 bits per heavy atom. The largest absolute Gasteiger partial charge is 0.462 e. The van der Waals surface area contributed by atoms with Crippen LogP contribution in [0.4, 0.5) is 0 Å². The highest BCUT2D eigenvalue weighted by Crippen LogP contribution is 2.50. The molecule has 1 saturated carbocycles. The Morgan fingerprint density at radius 1 is 1.56 bits per heavy atom. The molecule has 2 aliphatic rings. The standard InChI is InChI=1S/C13H20O3/c1-4-7-15-12(14)9(2)10-5-6-11-13(3,8-10)16-11/h10-11H,2,4-8H2,1,3H3.